The summed E-state index contributed by atoms with van der Waals surface area (Å²) in [6.45, 7) is 0.533. The zero-order chi connectivity index (χ0) is 20.9. The van der Waals surface area contributed by atoms with Crippen molar-refractivity contribution >= 4 is 23.2 Å². The van der Waals surface area contributed by atoms with Gasteiger partial charge in [-0.2, -0.15) is 0 Å². The first-order valence-electron chi connectivity index (χ1n) is 9.89. The summed E-state index contributed by atoms with van der Waals surface area (Å²) in [6, 6.07) is 24.6. The van der Waals surface area contributed by atoms with Crippen molar-refractivity contribution in [2.24, 2.45) is 0 Å². The van der Waals surface area contributed by atoms with E-state index in [-0.39, 0.29) is 11.9 Å². The highest BCUT2D eigenvalue weighted by atomic mass is 16.5. The Morgan fingerprint density at radius 2 is 1.63 bits per heavy atom. The van der Waals surface area contributed by atoms with Crippen molar-refractivity contribution in [3.8, 4) is 0 Å². The maximum atomic E-state index is 12.9. The molecule has 6 nitrogen and oxygen atoms in total. The number of carbonyl (C=O) groups is 2. The predicted molar refractivity (Wildman–Crippen MR) is 116 cm³/mol. The zero-order valence-corrected chi connectivity index (χ0v) is 16.4. The first-order valence-corrected chi connectivity index (χ1v) is 9.89. The van der Waals surface area contributed by atoms with Gasteiger partial charge in [0, 0.05) is 12.1 Å². The molecule has 3 N–H and O–H groups in total. The third-order valence-corrected chi connectivity index (χ3v) is 5.37. The van der Waals surface area contributed by atoms with E-state index in [2.05, 4.69) is 22.3 Å². The van der Waals surface area contributed by atoms with Crippen LogP contribution in [0.25, 0.3) is 0 Å². The van der Waals surface area contributed by atoms with Gasteiger partial charge in [-0.3, -0.25) is 14.8 Å². The van der Waals surface area contributed by atoms with Gasteiger partial charge in [0.15, 0.2) is 0 Å². The molecule has 3 aromatic rings. The van der Waals surface area contributed by atoms with Gasteiger partial charge in [-0.1, -0.05) is 54.6 Å². The fourth-order valence-corrected chi connectivity index (χ4v) is 3.81. The van der Waals surface area contributed by atoms with Crippen molar-refractivity contribution in [3.63, 3.8) is 0 Å². The maximum Gasteiger partial charge on any atom is 0.274 e. The van der Waals surface area contributed by atoms with Crippen LogP contribution in [0.2, 0.25) is 0 Å². The number of hydroxylamine groups is 1. The number of nitrogens with zero attached hydrogens (tertiary/aromatic N) is 1. The van der Waals surface area contributed by atoms with E-state index in [1.54, 1.807) is 17.6 Å². The van der Waals surface area contributed by atoms with Crippen LogP contribution in [0.15, 0.2) is 78.9 Å². The number of hydrogen-bond donors (Lipinski definition) is 3. The number of aryl methyl sites for hydroxylation is 1. The topological polar surface area (TPSA) is 81.7 Å². The van der Waals surface area contributed by atoms with Crippen molar-refractivity contribution in [2.45, 2.75) is 25.4 Å². The van der Waals surface area contributed by atoms with E-state index in [1.807, 2.05) is 54.6 Å². The van der Waals surface area contributed by atoms with Gasteiger partial charge >= 0.3 is 0 Å². The van der Waals surface area contributed by atoms with Crippen LogP contribution in [-0.2, 0) is 17.8 Å². The van der Waals surface area contributed by atoms with Crippen LogP contribution in [0.1, 0.15) is 27.9 Å². The van der Waals surface area contributed by atoms with E-state index >= 15 is 0 Å². The Hall–Kier alpha value is -3.64. The minimum absolute atomic E-state index is 0.0130. The number of anilines is 2. The fraction of sp³-hybridized carbons (Fsp3) is 0.167. The highest BCUT2D eigenvalue weighted by Crippen LogP contribution is 2.34. The Morgan fingerprint density at radius 3 is 2.37 bits per heavy atom. The van der Waals surface area contributed by atoms with Gasteiger partial charge < -0.3 is 10.2 Å². The lowest BCUT2D eigenvalue weighted by Crippen LogP contribution is -2.48. The minimum Gasteiger partial charge on any atom is -0.353 e. The average molecular weight is 401 g/mol. The lowest BCUT2D eigenvalue weighted by molar-refractivity contribution is -0.117. The molecule has 4 rings (SSSR count). The number of para-hydroxylation sites is 2. The van der Waals surface area contributed by atoms with E-state index in [1.165, 1.54) is 5.56 Å². The van der Waals surface area contributed by atoms with E-state index in [9.17, 15) is 9.59 Å². The third-order valence-electron chi connectivity index (χ3n) is 5.37. The van der Waals surface area contributed by atoms with Crippen molar-refractivity contribution < 1.29 is 14.8 Å². The fourth-order valence-electron chi connectivity index (χ4n) is 3.81. The number of benzene rings is 3. The van der Waals surface area contributed by atoms with Crippen LogP contribution in [0.3, 0.4) is 0 Å². The Balaban J connectivity index is 1.60. The number of nitrogens with one attached hydrogen (secondary N) is 2. The molecule has 1 aliphatic heterocycles. The van der Waals surface area contributed by atoms with Gasteiger partial charge in [0.2, 0.25) is 5.91 Å². The molecule has 0 saturated heterocycles. The molecule has 0 fully saturated rings. The van der Waals surface area contributed by atoms with Crippen LogP contribution in [-0.4, -0.2) is 23.1 Å². The molecule has 0 saturated carbocycles. The van der Waals surface area contributed by atoms with Gasteiger partial charge in [0.1, 0.15) is 6.04 Å². The highest BCUT2D eigenvalue weighted by Gasteiger charge is 2.32. The summed E-state index contributed by atoms with van der Waals surface area (Å²) in [6.07, 6.45) is 1.49. The van der Waals surface area contributed by atoms with Gasteiger partial charge in [0.25, 0.3) is 5.91 Å². The van der Waals surface area contributed by atoms with Gasteiger partial charge in [-0.05, 0) is 48.2 Å². The van der Waals surface area contributed by atoms with Crippen LogP contribution >= 0.6 is 0 Å². The SMILES string of the molecule is O=C(NO)c1ccc(CN2c3ccccc3NC(=O)C2CCc2ccccc2)cc1. The van der Waals surface area contributed by atoms with E-state index in [0.29, 0.717) is 18.5 Å². The summed E-state index contributed by atoms with van der Waals surface area (Å²) in [5.74, 6) is -0.564. The van der Waals surface area contributed by atoms with E-state index in [4.69, 9.17) is 5.21 Å². The van der Waals surface area contributed by atoms with Crippen LogP contribution in [0.5, 0.6) is 0 Å². The number of amides is 2. The van der Waals surface area contributed by atoms with Crippen molar-refractivity contribution in [1.29, 1.82) is 0 Å². The average Bonchev–Trinajstić information content (AvgIpc) is 2.79. The van der Waals surface area contributed by atoms with E-state index in [0.717, 1.165) is 23.4 Å². The molecule has 0 aromatic heterocycles. The Morgan fingerprint density at radius 1 is 0.933 bits per heavy atom. The molecule has 152 valence electrons. The second-order valence-electron chi connectivity index (χ2n) is 7.31. The smallest absolute Gasteiger partial charge is 0.274 e. The summed E-state index contributed by atoms with van der Waals surface area (Å²) in [4.78, 5) is 26.6. The monoisotopic (exact) mass is 401 g/mol. The van der Waals surface area contributed by atoms with Crippen molar-refractivity contribution in [2.75, 3.05) is 10.2 Å². The summed E-state index contributed by atoms with van der Waals surface area (Å²) < 4.78 is 0. The zero-order valence-electron chi connectivity index (χ0n) is 16.4. The first kappa shape index (κ1) is 19.7. The number of rotatable bonds is 6. The Bertz CT molecular complexity index is 1040. The largest absolute Gasteiger partial charge is 0.353 e. The molecule has 0 aliphatic carbocycles. The molecular formula is C24H23N3O3. The first-order chi connectivity index (χ1) is 14.7. The molecule has 0 bridgehead atoms. The normalized spacial score (nSPS) is 15.3. The molecule has 30 heavy (non-hydrogen) atoms. The number of hydrogen-bond acceptors (Lipinski definition) is 4. The molecule has 1 aliphatic rings. The van der Waals surface area contributed by atoms with Gasteiger partial charge in [-0.25, -0.2) is 5.48 Å². The van der Waals surface area contributed by atoms with Gasteiger partial charge in [-0.15, -0.1) is 0 Å². The van der Waals surface area contributed by atoms with Crippen LogP contribution in [0.4, 0.5) is 11.4 Å². The second kappa shape index (κ2) is 8.80. The van der Waals surface area contributed by atoms with Crippen LogP contribution in [0, 0.1) is 0 Å². The predicted octanol–water partition coefficient (Wildman–Crippen LogP) is 3.77. The molecule has 1 unspecified atom stereocenters. The molecule has 1 atom stereocenters. The molecule has 3 aromatic carbocycles. The maximum absolute atomic E-state index is 12.9. The standard InChI is InChI=1S/C24H23N3O3/c28-23(26-30)19-13-10-18(11-14-19)16-27-21-9-5-4-8-20(21)25-24(29)22(27)15-12-17-6-2-1-3-7-17/h1-11,13-14,22,30H,12,15-16H2,(H,25,29)(H,26,28). The summed E-state index contributed by atoms with van der Waals surface area (Å²) in [7, 11) is 0. The minimum atomic E-state index is -0.551. The second-order valence-corrected chi connectivity index (χ2v) is 7.31. The third kappa shape index (κ3) is 4.18. The molecule has 2 amide bonds. The molecule has 0 spiro atoms. The molecule has 1 heterocycles. The van der Waals surface area contributed by atoms with Crippen molar-refractivity contribution in [1.82, 2.24) is 5.48 Å². The summed E-state index contributed by atoms with van der Waals surface area (Å²) >= 11 is 0. The summed E-state index contributed by atoms with van der Waals surface area (Å²) in [5.41, 5.74) is 5.96. The number of carbonyl (C=O) groups excluding carboxylic acids is 2. The van der Waals surface area contributed by atoms with Crippen molar-refractivity contribution in [3.05, 3.63) is 95.6 Å². The number of fused-ring (bicyclic) bond motifs is 1. The summed E-state index contributed by atoms with van der Waals surface area (Å²) in [5, 5.41) is 11.8. The Kier molecular flexibility index (Phi) is 5.77. The molecule has 6 heteroatoms. The van der Waals surface area contributed by atoms with Crippen LogP contribution < -0.4 is 15.7 Å². The molecular weight excluding hydrogens is 378 g/mol. The molecule has 0 radical (unpaired) electrons. The van der Waals surface area contributed by atoms with E-state index < -0.39 is 5.91 Å². The highest BCUT2D eigenvalue weighted by molar-refractivity contribution is 6.03. The quantitative estimate of drug-likeness (QED) is 0.434. The lowest BCUT2D eigenvalue weighted by atomic mass is 9.99. The van der Waals surface area contributed by atoms with Gasteiger partial charge in [0.05, 0.1) is 11.4 Å². The lowest BCUT2D eigenvalue weighted by Gasteiger charge is -2.38. The Labute approximate surface area is 175 Å².